The van der Waals surface area contributed by atoms with Gasteiger partial charge >= 0.3 is 5.97 Å². The van der Waals surface area contributed by atoms with Gasteiger partial charge in [0.05, 0.1) is 19.3 Å². The normalized spacial score (nSPS) is 16.5. The molecule has 7 nitrogen and oxygen atoms in total. The van der Waals surface area contributed by atoms with E-state index in [1.54, 1.807) is 25.1 Å². The number of pyridine rings is 1. The minimum absolute atomic E-state index is 0.195. The maximum absolute atomic E-state index is 13.8. The molecule has 1 saturated heterocycles. The van der Waals surface area contributed by atoms with Crippen LogP contribution in [0.4, 0.5) is 4.39 Å². The van der Waals surface area contributed by atoms with Crippen LogP contribution in [0.25, 0.3) is 17.2 Å². The van der Waals surface area contributed by atoms with Gasteiger partial charge in [0.2, 0.25) is 0 Å². The molecule has 0 bridgehead atoms. The Morgan fingerprint density at radius 3 is 2.53 bits per heavy atom. The number of halogens is 1. The summed E-state index contributed by atoms with van der Waals surface area (Å²) in [6.07, 6.45) is 5.53. The molecule has 38 heavy (non-hydrogen) atoms. The van der Waals surface area contributed by atoms with Crippen molar-refractivity contribution in [1.29, 1.82) is 0 Å². The number of Topliss-reactive ketones (excluding diaryl/α,β-unsaturated/α-hetero) is 1. The number of aliphatic hydroxyl groups is 1. The first-order chi connectivity index (χ1) is 18.4. The molecule has 8 heteroatoms. The van der Waals surface area contributed by atoms with Crippen LogP contribution in [0.2, 0.25) is 0 Å². The lowest BCUT2D eigenvalue weighted by Crippen LogP contribution is -2.22. The zero-order chi connectivity index (χ0) is 27.5. The quantitative estimate of drug-likeness (QED) is 0.277. The van der Waals surface area contributed by atoms with Gasteiger partial charge in [-0.05, 0) is 62.3 Å². The molecular formula is C30H38FNO6. The molecule has 1 N–H and O–H groups in total. The van der Waals surface area contributed by atoms with E-state index in [-0.39, 0.29) is 38.2 Å². The van der Waals surface area contributed by atoms with E-state index in [0.717, 1.165) is 52.9 Å². The number of ketones is 1. The van der Waals surface area contributed by atoms with Crippen molar-refractivity contribution in [3.05, 3.63) is 58.7 Å². The minimum atomic E-state index is -1.09. The number of aromatic nitrogens is 1. The first kappa shape index (κ1) is 29.6. The highest BCUT2D eigenvalue weighted by molar-refractivity contribution is 5.95. The second-order valence-corrected chi connectivity index (χ2v) is 9.24. The van der Waals surface area contributed by atoms with E-state index in [0.29, 0.717) is 19.4 Å². The van der Waals surface area contributed by atoms with Gasteiger partial charge in [0, 0.05) is 35.5 Å². The van der Waals surface area contributed by atoms with Gasteiger partial charge in [-0.15, -0.1) is 0 Å². The van der Waals surface area contributed by atoms with Crippen LogP contribution in [0.15, 0.2) is 30.3 Å². The summed E-state index contributed by atoms with van der Waals surface area (Å²) in [4.78, 5) is 28.7. The highest BCUT2D eigenvalue weighted by atomic mass is 19.1. The Hall–Kier alpha value is -2.94. The second kappa shape index (κ2) is 14.9. The van der Waals surface area contributed by atoms with Crippen molar-refractivity contribution in [2.45, 2.75) is 84.7 Å². The number of hydrogen-bond donors (Lipinski definition) is 1. The van der Waals surface area contributed by atoms with Crippen LogP contribution in [0.3, 0.4) is 0 Å². The van der Waals surface area contributed by atoms with E-state index >= 15 is 0 Å². The molecule has 1 aromatic heterocycles. The van der Waals surface area contributed by atoms with Crippen molar-refractivity contribution in [2.75, 3.05) is 13.2 Å². The molecule has 1 aliphatic heterocycles. The van der Waals surface area contributed by atoms with Crippen LogP contribution in [0, 0.1) is 5.82 Å². The molecule has 0 saturated carbocycles. The molecule has 2 unspecified atom stereocenters. The lowest BCUT2D eigenvalue weighted by atomic mass is 9.90. The molecule has 1 aromatic carbocycles. The third-order valence-electron chi connectivity index (χ3n) is 6.42. The molecule has 3 rings (SSSR count). The van der Waals surface area contributed by atoms with Gasteiger partial charge in [-0.25, -0.2) is 4.39 Å². The SMILES string of the molecule is CCOC(=O)CC(=O)CC(O)C=Cc1c(CC)nc(CC)c(COC2CCCCO2)c1-c1ccc(F)cc1. The second-order valence-electron chi connectivity index (χ2n) is 9.24. The number of carbonyl (C=O) groups is 2. The third-order valence-corrected chi connectivity index (χ3v) is 6.42. The monoisotopic (exact) mass is 527 g/mol. The zero-order valence-corrected chi connectivity index (χ0v) is 22.5. The van der Waals surface area contributed by atoms with Crippen molar-refractivity contribution in [3.8, 4) is 11.1 Å². The number of nitrogens with zero attached hydrogens (tertiary/aromatic N) is 1. The Balaban J connectivity index is 1.98. The van der Waals surface area contributed by atoms with Crippen LogP contribution >= 0.6 is 0 Å². The van der Waals surface area contributed by atoms with Crippen LogP contribution in [-0.2, 0) is 43.2 Å². The maximum Gasteiger partial charge on any atom is 0.313 e. The van der Waals surface area contributed by atoms with Crippen molar-refractivity contribution < 1.29 is 33.3 Å². The highest BCUT2D eigenvalue weighted by Gasteiger charge is 2.22. The lowest BCUT2D eigenvalue weighted by molar-refractivity contribution is -0.169. The van der Waals surface area contributed by atoms with E-state index in [1.165, 1.54) is 18.2 Å². The molecule has 206 valence electrons. The Morgan fingerprint density at radius 2 is 1.89 bits per heavy atom. The highest BCUT2D eigenvalue weighted by Crippen LogP contribution is 2.34. The van der Waals surface area contributed by atoms with Crippen molar-refractivity contribution in [2.24, 2.45) is 0 Å². The summed E-state index contributed by atoms with van der Waals surface area (Å²) in [6.45, 7) is 6.84. The maximum atomic E-state index is 13.8. The molecule has 0 amide bonds. The summed E-state index contributed by atoms with van der Waals surface area (Å²) < 4.78 is 30.6. The number of aryl methyl sites for hydroxylation is 2. The number of carbonyl (C=O) groups excluding carboxylic acids is 2. The van der Waals surface area contributed by atoms with E-state index in [4.69, 9.17) is 19.2 Å². The summed E-state index contributed by atoms with van der Waals surface area (Å²) in [5.41, 5.74) is 5.02. The first-order valence-electron chi connectivity index (χ1n) is 13.4. The van der Waals surface area contributed by atoms with Crippen molar-refractivity contribution >= 4 is 17.8 Å². The molecule has 2 atom stereocenters. The molecule has 2 heterocycles. The fraction of sp³-hybridized carbons (Fsp3) is 0.500. The Morgan fingerprint density at radius 1 is 1.16 bits per heavy atom. The van der Waals surface area contributed by atoms with E-state index in [2.05, 4.69) is 0 Å². The summed E-state index contributed by atoms with van der Waals surface area (Å²) in [7, 11) is 0. The summed E-state index contributed by atoms with van der Waals surface area (Å²) in [5, 5.41) is 10.6. The largest absolute Gasteiger partial charge is 0.466 e. The van der Waals surface area contributed by atoms with E-state index < -0.39 is 17.9 Å². The fourth-order valence-corrected chi connectivity index (χ4v) is 4.56. The standard InChI is InChI=1S/C30H38FNO6/c1-4-26-24(15-14-22(33)17-23(34)18-28(35)36-6-3)30(20-10-12-21(31)13-11-20)25(27(5-2)32-26)19-38-29-9-7-8-16-37-29/h10-15,22,29,33H,4-9,16-19H2,1-3H3. The van der Waals surface area contributed by atoms with Gasteiger partial charge in [-0.2, -0.15) is 0 Å². The van der Waals surface area contributed by atoms with Gasteiger partial charge < -0.3 is 19.3 Å². The number of ether oxygens (including phenoxy) is 3. The summed E-state index contributed by atoms with van der Waals surface area (Å²) in [5.74, 6) is -1.35. The summed E-state index contributed by atoms with van der Waals surface area (Å²) >= 11 is 0. The predicted octanol–water partition coefficient (Wildman–Crippen LogP) is 5.34. The van der Waals surface area contributed by atoms with Crippen LogP contribution < -0.4 is 0 Å². The first-order valence-corrected chi connectivity index (χ1v) is 13.4. The van der Waals surface area contributed by atoms with Crippen molar-refractivity contribution in [3.63, 3.8) is 0 Å². The lowest BCUT2D eigenvalue weighted by Gasteiger charge is -2.25. The number of hydrogen-bond acceptors (Lipinski definition) is 7. The van der Waals surface area contributed by atoms with Crippen LogP contribution in [0.5, 0.6) is 0 Å². The Kier molecular flexibility index (Phi) is 11.6. The average Bonchev–Trinajstić information content (AvgIpc) is 2.91. The van der Waals surface area contributed by atoms with Gasteiger partial charge in [-0.1, -0.05) is 38.1 Å². The molecule has 1 aliphatic rings. The van der Waals surface area contributed by atoms with Crippen LogP contribution in [-0.4, -0.2) is 47.5 Å². The molecule has 0 radical (unpaired) electrons. The summed E-state index contributed by atoms with van der Waals surface area (Å²) in [6, 6.07) is 6.28. The average molecular weight is 528 g/mol. The zero-order valence-electron chi connectivity index (χ0n) is 22.5. The van der Waals surface area contributed by atoms with Gasteiger partial charge in [0.1, 0.15) is 18.0 Å². The minimum Gasteiger partial charge on any atom is -0.466 e. The number of benzene rings is 1. The number of rotatable bonds is 13. The number of esters is 1. The Bertz CT molecular complexity index is 1110. The van der Waals surface area contributed by atoms with Gasteiger partial charge in [0.25, 0.3) is 0 Å². The Labute approximate surface area is 224 Å². The molecule has 1 fully saturated rings. The molecule has 2 aromatic rings. The fourth-order valence-electron chi connectivity index (χ4n) is 4.56. The molecule has 0 aliphatic carbocycles. The van der Waals surface area contributed by atoms with Crippen molar-refractivity contribution in [1.82, 2.24) is 4.98 Å². The third kappa shape index (κ3) is 8.28. The topological polar surface area (TPSA) is 95.0 Å². The van der Waals surface area contributed by atoms with Gasteiger partial charge in [0.15, 0.2) is 6.29 Å². The number of aliphatic hydroxyl groups excluding tert-OH is 1. The van der Waals surface area contributed by atoms with Gasteiger partial charge in [-0.3, -0.25) is 14.6 Å². The van der Waals surface area contributed by atoms with Crippen LogP contribution in [0.1, 0.15) is 75.4 Å². The van der Waals surface area contributed by atoms with E-state index in [1.807, 2.05) is 13.8 Å². The predicted molar refractivity (Wildman–Crippen MR) is 143 cm³/mol. The smallest absolute Gasteiger partial charge is 0.313 e. The van der Waals surface area contributed by atoms with E-state index in [9.17, 15) is 19.1 Å². The molecule has 0 spiro atoms. The molecular weight excluding hydrogens is 489 g/mol.